The summed E-state index contributed by atoms with van der Waals surface area (Å²) in [4.78, 5) is 25.6. The van der Waals surface area contributed by atoms with E-state index >= 15 is 0 Å². The van der Waals surface area contributed by atoms with Crippen molar-refractivity contribution < 1.29 is 23.8 Å². The number of esters is 1. The van der Waals surface area contributed by atoms with Crippen LogP contribution in [-0.4, -0.2) is 36.8 Å². The third-order valence-corrected chi connectivity index (χ3v) is 5.29. The molecule has 6 heteroatoms. The first-order valence-corrected chi connectivity index (χ1v) is 10.9. The zero-order valence-corrected chi connectivity index (χ0v) is 18.2. The Hall–Kier alpha value is -2.08. The highest BCUT2D eigenvalue weighted by molar-refractivity contribution is 5.99. The summed E-state index contributed by atoms with van der Waals surface area (Å²) in [6.45, 7) is 8.59. The minimum absolute atomic E-state index is 0.0310. The Morgan fingerprint density at radius 2 is 1.86 bits per heavy atom. The third-order valence-electron chi connectivity index (χ3n) is 5.29. The number of hydrogen-bond donors (Lipinski definition) is 1. The Labute approximate surface area is 174 Å². The number of rotatable bonds is 10. The summed E-state index contributed by atoms with van der Waals surface area (Å²) in [7, 11) is 0. The van der Waals surface area contributed by atoms with Crippen molar-refractivity contribution in [1.82, 2.24) is 0 Å². The predicted molar refractivity (Wildman–Crippen MR) is 113 cm³/mol. The molecule has 1 fully saturated rings. The fraction of sp³-hybridized carbons (Fsp3) is 0.652. The molecule has 0 aromatic heterocycles. The lowest BCUT2D eigenvalue weighted by Crippen LogP contribution is -2.47. The van der Waals surface area contributed by atoms with Gasteiger partial charge in [0.1, 0.15) is 16.9 Å². The number of ether oxygens (including phenoxy) is 3. The largest absolute Gasteiger partial charge is 0.490 e. The number of carbonyl (C=O) groups is 2. The Morgan fingerprint density at radius 1 is 1.14 bits per heavy atom. The number of anilines is 1. The van der Waals surface area contributed by atoms with Gasteiger partial charge in [-0.25, -0.2) is 4.79 Å². The number of hydrogen-bond acceptors (Lipinski definition) is 5. The Bertz CT molecular complexity index is 682. The lowest BCUT2D eigenvalue weighted by molar-refractivity contribution is -0.146. The average molecular weight is 406 g/mol. The first kappa shape index (κ1) is 23.2. The van der Waals surface area contributed by atoms with Crippen LogP contribution in [0.5, 0.6) is 5.75 Å². The van der Waals surface area contributed by atoms with Crippen molar-refractivity contribution in [1.29, 1.82) is 0 Å². The molecule has 1 aromatic carbocycles. The molecule has 0 radical (unpaired) electrons. The van der Waals surface area contributed by atoms with Crippen LogP contribution in [0.15, 0.2) is 18.2 Å². The van der Waals surface area contributed by atoms with E-state index in [1.165, 1.54) is 0 Å². The van der Waals surface area contributed by atoms with Crippen molar-refractivity contribution in [2.75, 3.05) is 18.5 Å². The molecule has 1 aromatic rings. The highest BCUT2D eigenvalue weighted by atomic mass is 16.5. The van der Waals surface area contributed by atoms with E-state index in [1.807, 2.05) is 20.8 Å². The van der Waals surface area contributed by atoms with E-state index in [-0.39, 0.29) is 18.6 Å². The molecule has 2 rings (SSSR count). The topological polar surface area (TPSA) is 73.9 Å². The van der Waals surface area contributed by atoms with Gasteiger partial charge in [-0.15, -0.1) is 0 Å². The summed E-state index contributed by atoms with van der Waals surface area (Å²) in [5, 5.41) is 2.97. The zero-order chi connectivity index (χ0) is 21.3. The van der Waals surface area contributed by atoms with E-state index in [0.717, 1.165) is 44.9 Å². The molecule has 1 aliphatic carbocycles. The van der Waals surface area contributed by atoms with Crippen LogP contribution in [0.3, 0.4) is 0 Å². The molecule has 6 nitrogen and oxygen atoms in total. The zero-order valence-electron chi connectivity index (χ0n) is 18.2. The summed E-state index contributed by atoms with van der Waals surface area (Å²) < 4.78 is 17.1. The van der Waals surface area contributed by atoms with Crippen LogP contribution in [0.25, 0.3) is 0 Å². The molecule has 0 aliphatic heterocycles. The summed E-state index contributed by atoms with van der Waals surface area (Å²) in [5.74, 6) is -0.141. The Morgan fingerprint density at radius 3 is 2.48 bits per heavy atom. The SMILES string of the molecule is CCCOC1(C(=O)Nc2ccc(O[C@@H](C)CC)c(C(=O)OCC)c2)CCCCC1. The second-order valence-electron chi connectivity index (χ2n) is 7.63. The van der Waals surface area contributed by atoms with Crippen molar-refractivity contribution in [2.45, 2.75) is 84.3 Å². The van der Waals surface area contributed by atoms with Gasteiger partial charge in [0.25, 0.3) is 5.91 Å². The van der Waals surface area contributed by atoms with Crippen LogP contribution in [0.4, 0.5) is 5.69 Å². The first-order chi connectivity index (χ1) is 14.0. The molecule has 1 N–H and O–H groups in total. The molecule has 1 atom stereocenters. The van der Waals surface area contributed by atoms with Crippen molar-refractivity contribution in [3.05, 3.63) is 23.8 Å². The predicted octanol–water partition coefficient (Wildman–Crippen LogP) is 5.11. The van der Waals surface area contributed by atoms with E-state index in [0.29, 0.717) is 23.6 Å². The van der Waals surface area contributed by atoms with E-state index in [1.54, 1.807) is 25.1 Å². The van der Waals surface area contributed by atoms with Crippen molar-refractivity contribution in [3.8, 4) is 5.75 Å². The lowest BCUT2D eigenvalue weighted by Gasteiger charge is -2.35. The highest BCUT2D eigenvalue weighted by Gasteiger charge is 2.40. The summed E-state index contributed by atoms with van der Waals surface area (Å²) >= 11 is 0. The normalized spacial score (nSPS) is 16.7. The summed E-state index contributed by atoms with van der Waals surface area (Å²) in [5.41, 5.74) is 0.0706. The molecular weight excluding hydrogens is 370 g/mol. The highest BCUT2D eigenvalue weighted by Crippen LogP contribution is 2.34. The molecule has 1 amide bonds. The van der Waals surface area contributed by atoms with Crippen LogP contribution in [0, 0.1) is 0 Å². The van der Waals surface area contributed by atoms with Gasteiger partial charge in [0.2, 0.25) is 0 Å². The van der Waals surface area contributed by atoms with Crippen LogP contribution in [0.2, 0.25) is 0 Å². The van der Waals surface area contributed by atoms with Gasteiger partial charge in [-0.3, -0.25) is 4.79 Å². The third kappa shape index (κ3) is 6.20. The van der Waals surface area contributed by atoms with Gasteiger partial charge in [-0.2, -0.15) is 0 Å². The van der Waals surface area contributed by atoms with Crippen molar-refractivity contribution >= 4 is 17.6 Å². The van der Waals surface area contributed by atoms with E-state index in [2.05, 4.69) is 5.32 Å². The summed E-state index contributed by atoms with van der Waals surface area (Å²) in [6.07, 6.45) is 6.18. The fourth-order valence-electron chi connectivity index (χ4n) is 3.48. The van der Waals surface area contributed by atoms with Crippen LogP contribution < -0.4 is 10.1 Å². The Balaban J connectivity index is 2.25. The second kappa shape index (κ2) is 11.2. The monoisotopic (exact) mass is 405 g/mol. The van der Waals surface area contributed by atoms with E-state index in [4.69, 9.17) is 14.2 Å². The number of benzene rings is 1. The molecule has 29 heavy (non-hydrogen) atoms. The van der Waals surface area contributed by atoms with E-state index < -0.39 is 11.6 Å². The van der Waals surface area contributed by atoms with Gasteiger partial charge in [-0.05, 0) is 57.7 Å². The maximum Gasteiger partial charge on any atom is 0.341 e. The smallest absolute Gasteiger partial charge is 0.341 e. The van der Waals surface area contributed by atoms with Crippen LogP contribution >= 0.6 is 0 Å². The molecule has 1 saturated carbocycles. The van der Waals surface area contributed by atoms with Gasteiger partial charge in [0, 0.05) is 12.3 Å². The lowest BCUT2D eigenvalue weighted by atomic mass is 9.83. The maximum atomic E-state index is 13.1. The molecule has 0 unspecified atom stereocenters. The van der Waals surface area contributed by atoms with Crippen LogP contribution in [0.1, 0.15) is 83.0 Å². The van der Waals surface area contributed by atoms with Crippen LogP contribution in [-0.2, 0) is 14.3 Å². The van der Waals surface area contributed by atoms with Gasteiger partial charge in [-0.1, -0.05) is 33.1 Å². The number of amides is 1. The number of nitrogens with one attached hydrogen (secondary N) is 1. The quantitative estimate of drug-likeness (QED) is 0.548. The summed E-state index contributed by atoms with van der Waals surface area (Å²) in [6, 6.07) is 5.10. The maximum absolute atomic E-state index is 13.1. The average Bonchev–Trinajstić information content (AvgIpc) is 2.73. The van der Waals surface area contributed by atoms with Gasteiger partial charge in [0.15, 0.2) is 0 Å². The van der Waals surface area contributed by atoms with Gasteiger partial charge >= 0.3 is 5.97 Å². The second-order valence-corrected chi connectivity index (χ2v) is 7.63. The van der Waals surface area contributed by atoms with Gasteiger partial charge in [0.05, 0.1) is 12.7 Å². The van der Waals surface area contributed by atoms with Gasteiger partial charge < -0.3 is 19.5 Å². The van der Waals surface area contributed by atoms with E-state index in [9.17, 15) is 9.59 Å². The minimum Gasteiger partial charge on any atom is -0.490 e. The standard InChI is InChI=1S/C23H35NO5/c1-5-15-28-23(13-9-8-10-14-23)22(26)24-18-11-12-20(29-17(4)6-2)19(16-18)21(25)27-7-3/h11-12,16-17H,5-10,13-15H2,1-4H3,(H,24,26)/t17-/m0/s1. The molecule has 0 saturated heterocycles. The Kier molecular flexibility index (Phi) is 8.96. The molecule has 0 bridgehead atoms. The fourth-order valence-corrected chi connectivity index (χ4v) is 3.48. The molecule has 0 heterocycles. The number of carbonyl (C=O) groups excluding carboxylic acids is 2. The first-order valence-electron chi connectivity index (χ1n) is 10.9. The molecule has 1 aliphatic rings. The minimum atomic E-state index is -0.787. The molecule has 0 spiro atoms. The molecule has 162 valence electrons. The molecular formula is C23H35NO5. The van der Waals surface area contributed by atoms with Crippen molar-refractivity contribution in [3.63, 3.8) is 0 Å². The van der Waals surface area contributed by atoms with Crippen molar-refractivity contribution in [2.24, 2.45) is 0 Å².